The Labute approximate surface area is 159 Å². The van der Waals surface area contributed by atoms with E-state index < -0.39 is 11.5 Å². The summed E-state index contributed by atoms with van der Waals surface area (Å²) >= 11 is 3.35. The average molecular weight is 413 g/mol. The average Bonchev–Trinajstić information content (AvgIpc) is 2.44. The normalized spacial score (nSPS) is 13.9. The molecule has 0 aliphatic carbocycles. The summed E-state index contributed by atoms with van der Waals surface area (Å²) in [7, 11) is 0. The standard InChI is InChI=1S/C19H29BrN2O3/c1-12(2)11-16(17(23)25-19(4,5)6)13(3)21-18(24)22-15-9-7-14(20)8-10-15/h7-10,12-13,16H,11H2,1-6H3,(H2,21,22,24). The van der Waals surface area contributed by atoms with Crippen LogP contribution in [0.1, 0.15) is 48.0 Å². The summed E-state index contributed by atoms with van der Waals surface area (Å²) in [5.74, 6) is -0.358. The van der Waals surface area contributed by atoms with Gasteiger partial charge >= 0.3 is 12.0 Å². The van der Waals surface area contributed by atoms with Crippen LogP contribution in [0.25, 0.3) is 0 Å². The molecule has 0 spiro atoms. The number of rotatable bonds is 6. The highest BCUT2D eigenvalue weighted by Gasteiger charge is 2.31. The van der Waals surface area contributed by atoms with Gasteiger partial charge in [0.25, 0.3) is 0 Å². The van der Waals surface area contributed by atoms with Crippen LogP contribution in [0.3, 0.4) is 0 Å². The van der Waals surface area contributed by atoms with E-state index >= 15 is 0 Å². The lowest BCUT2D eigenvalue weighted by molar-refractivity contribution is -0.161. The maximum Gasteiger partial charge on any atom is 0.319 e. The van der Waals surface area contributed by atoms with E-state index in [4.69, 9.17) is 4.74 Å². The quantitative estimate of drug-likeness (QED) is 0.648. The van der Waals surface area contributed by atoms with Crippen molar-refractivity contribution in [3.05, 3.63) is 28.7 Å². The van der Waals surface area contributed by atoms with Crippen molar-refractivity contribution < 1.29 is 14.3 Å². The Bertz CT molecular complexity index is 579. The van der Waals surface area contributed by atoms with Crippen molar-refractivity contribution >= 4 is 33.6 Å². The number of hydrogen-bond acceptors (Lipinski definition) is 3. The summed E-state index contributed by atoms with van der Waals surface area (Å²) in [6.07, 6.45) is 0.647. The third kappa shape index (κ3) is 8.38. The molecule has 0 bridgehead atoms. The summed E-state index contributed by atoms with van der Waals surface area (Å²) in [5.41, 5.74) is 0.136. The van der Waals surface area contributed by atoms with Gasteiger partial charge in [-0.2, -0.15) is 0 Å². The minimum Gasteiger partial charge on any atom is -0.460 e. The zero-order valence-electron chi connectivity index (χ0n) is 15.9. The number of carbonyl (C=O) groups excluding carboxylic acids is 2. The fourth-order valence-electron chi connectivity index (χ4n) is 2.40. The second-order valence-electron chi connectivity index (χ2n) is 7.66. The van der Waals surface area contributed by atoms with Crippen molar-refractivity contribution in [1.29, 1.82) is 0 Å². The number of benzene rings is 1. The van der Waals surface area contributed by atoms with Gasteiger partial charge in [0.2, 0.25) is 0 Å². The molecule has 1 rings (SSSR count). The lowest BCUT2D eigenvalue weighted by Crippen LogP contribution is -2.45. The molecule has 2 unspecified atom stereocenters. The molecule has 0 saturated carbocycles. The molecule has 2 N–H and O–H groups in total. The van der Waals surface area contributed by atoms with Crippen molar-refractivity contribution in [1.82, 2.24) is 5.32 Å². The topological polar surface area (TPSA) is 67.4 Å². The molecule has 0 saturated heterocycles. The number of esters is 1. The van der Waals surface area contributed by atoms with E-state index in [-0.39, 0.29) is 18.0 Å². The second kappa shape index (κ2) is 9.22. The molecule has 0 aliphatic rings. The van der Waals surface area contributed by atoms with Crippen LogP contribution in [0.5, 0.6) is 0 Å². The molecule has 5 nitrogen and oxygen atoms in total. The molecule has 1 aromatic carbocycles. The third-order valence-electron chi connectivity index (χ3n) is 3.50. The van der Waals surface area contributed by atoms with Gasteiger partial charge in [0, 0.05) is 16.2 Å². The molecule has 1 aromatic rings. The van der Waals surface area contributed by atoms with Gasteiger partial charge in [0.15, 0.2) is 0 Å². The summed E-state index contributed by atoms with van der Waals surface area (Å²) in [6.45, 7) is 11.5. The first-order chi connectivity index (χ1) is 11.5. The van der Waals surface area contributed by atoms with Crippen molar-refractivity contribution in [3.8, 4) is 0 Å². The van der Waals surface area contributed by atoms with E-state index in [0.29, 0.717) is 18.0 Å². The van der Waals surface area contributed by atoms with Crippen molar-refractivity contribution in [2.75, 3.05) is 5.32 Å². The lowest BCUT2D eigenvalue weighted by atomic mass is 9.91. The number of hydrogen-bond donors (Lipinski definition) is 2. The summed E-state index contributed by atoms with van der Waals surface area (Å²) in [4.78, 5) is 24.7. The highest BCUT2D eigenvalue weighted by Crippen LogP contribution is 2.21. The molecule has 0 heterocycles. The fourth-order valence-corrected chi connectivity index (χ4v) is 2.66. The predicted molar refractivity (Wildman–Crippen MR) is 105 cm³/mol. The monoisotopic (exact) mass is 412 g/mol. The Morgan fingerprint density at radius 3 is 2.16 bits per heavy atom. The predicted octanol–water partition coefficient (Wildman–Crippen LogP) is 4.96. The lowest BCUT2D eigenvalue weighted by Gasteiger charge is -2.29. The van der Waals surface area contributed by atoms with Crippen LogP contribution in [0.4, 0.5) is 10.5 Å². The number of carbonyl (C=O) groups is 2. The molecular weight excluding hydrogens is 384 g/mol. The first-order valence-electron chi connectivity index (χ1n) is 8.54. The molecule has 0 fully saturated rings. The summed E-state index contributed by atoms with van der Waals surface area (Å²) < 4.78 is 6.46. The van der Waals surface area contributed by atoms with Crippen LogP contribution >= 0.6 is 15.9 Å². The second-order valence-corrected chi connectivity index (χ2v) is 8.58. The van der Waals surface area contributed by atoms with Crippen molar-refractivity contribution in [2.24, 2.45) is 11.8 Å². The van der Waals surface area contributed by atoms with Gasteiger partial charge < -0.3 is 15.4 Å². The van der Waals surface area contributed by atoms with Crippen LogP contribution in [0.2, 0.25) is 0 Å². The summed E-state index contributed by atoms with van der Waals surface area (Å²) in [5, 5.41) is 5.62. The zero-order chi connectivity index (χ0) is 19.2. The van der Waals surface area contributed by atoms with Crippen LogP contribution in [-0.4, -0.2) is 23.6 Å². The minimum absolute atomic E-state index is 0.280. The largest absolute Gasteiger partial charge is 0.460 e. The van der Waals surface area contributed by atoms with Crippen LogP contribution in [0.15, 0.2) is 28.7 Å². The molecular formula is C19H29BrN2O3. The SMILES string of the molecule is CC(C)CC(C(=O)OC(C)(C)C)C(C)NC(=O)Nc1ccc(Br)cc1. The molecule has 0 aliphatic heterocycles. The van der Waals surface area contributed by atoms with Gasteiger partial charge in [0.05, 0.1) is 5.92 Å². The van der Waals surface area contributed by atoms with Gasteiger partial charge in [-0.3, -0.25) is 4.79 Å². The Morgan fingerprint density at radius 2 is 1.68 bits per heavy atom. The number of nitrogens with one attached hydrogen (secondary N) is 2. The molecule has 140 valence electrons. The zero-order valence-corrected chi connectivity index (χ0v) is 17.4. The van der Waals surface area contributed by atoms with E-state index in [1.165, 1.54) is 0 Å². The van der Waals surface area contributed by atoms with Gasteiger partial charge in [-0.05, 0) is 64.3 Å². The Balaban J connectivity index is 2.72. The third-order valence-corrected chi connectivity index (χ3v) is 4.03. The Kier molecular flexibility index (Phi) is 7.93. The van der Waals surface area contributed by atoms with Crippen molar-refractivity contribution in [3.63, 3.8) is 0 Å². The van der Waals surface area contributed by atoms with E-state index in [2.05, 4.69) is 26.6 Å². The molecule has 6 heteroatoms. The van der Waals surface area contributed by atoms with E-state index in [9.17, 15) is 9.59 Å². The first-order valence-corrected chi connectivity index (χ1v) is 9.33. The van der Waals surface area contributed by atoms with E-state index in [0.717, 1.165) is 4.47 Å². The number of anilines is 1. The fraction of sp³-hybridized carbons (Fsp3) is 0.579. The smallest absolute Gasteiger partial charge is 0.319 e. The van der Waals surface area contributed by atoms with E-state index in [1.807, 2.05) is 53.7 Å². The Morgan fingerprint density at radius 1 is 1.12 bits per heavy atom. The highest BCUT2D eigenvalue weighted by atomic mass is 79.9. The van der Waals surface area contributed by atoms with Gasteiger partial charge in [-0.25, -0.2) is 4.79 Å². The molecule has 0 aromatic heterocycles. The van der Waals surface area contributed by atoms with Gasteiger partial charge in [-0.1, -0.05) is 29.8 Å². The highest BCUT2D eigenvalue weighted by molar-refractivity contribution is 9.10. The Hall–Kier alpha value is -1.56. The van der Waals surface area contributed by atoms with Crippen molar-refractivity contribution in [2.45, 2.75) is 59.6 Å². The molecule has 0 radical (unpaired) electrons. The van der Waals surface area contributed by atoms with Crippen LogP contribution in [0, 0.1) is 11.8 Å². The maximum atomic E-state index is 12.5. The molecule has 2 atom stereocenters. The number of urea groups is 1. The molecule has 25 heavy (non-hydrogen) atoms. The number of ether oxygens (including phenoxy) is 1. The summed E-state index contributed by atoms with van der Waals surface area (Å²) in [6, 6.07) is 6.62. The number of halogens is 1. The van der Waals surface area contributed by atoms with Crippen LogP contribution < -0.4 is 10.6 Å². The molecule has 2 amide bonds. The minimum atomic E-state index is -0.550. The van der Waals surface area contributed by atoms with Gasteiger partial charge in [-0.15, -0.1) is 0 Å². The van der Waals surface area contributed by atoms with E-state index in [1.54, 1.807) is 12.1 Å². The maximum absolute atomic E-state index is 12.5. The van der Waals surface area contributed by atoms with Crippen LogP contribution in [-0.2, 0) is 9.53 Å². The first kappa shape index (κ1) is 21.5. The number of amides is 2. The van der Waals surface area contributed by atoms with Gasteiger partial charge in [0.1, 0.15) is 5.60 Å².